The summed E-state index contributed by atoms with van der Waals surface area (Å²) in [6, 6.07) is 0. The summed E-state index contributed by atoms with van der Waals surface area (Å²) in [7, 11) is 0. The highest BCUT2D eigenvalue weighted by Gasteiger charge is 2.16. The summed E-state index contributed by atoms with van der Waals surface area (Å²) in [5, 5.41) is 21.6. The summed E-state index contributed by atoms with van der Waals surface area (Å²) in [6.45, 7) is 5.39. The Morgan fingerprint density at radius 1 is 1.44 bits per heavy atom. The van der Waals surface area contributed by atoms with Gasteiger partial charge in [-0.3, -0.25) is 0 Å². The van der Waals surface area contributed by atoms with Crippen molar-refractivity contribution in [2.24, 2.45) is 5.92 Å². The fraction of sp³-hybridized carbons (Fsp3) is 1.00. The lowest BCUT2D eigenvalue weighted by atomic mass is 10.1. The van der Waals surface area contributed by atoms with Gasteiger partial charge in [-0.1, -0.05) is 6.92 Å². The molecule has 1 aliphatic heterocycles. The van der Waals surface area contributed by atoms with E-state index < -0.39 is 6.10 Å². The van der Waals surface area contributed by atoms with Crippen LogP contribution in [0.25, 0.3) is 0 Å². The van der Waals surface area contributed by atoms with E-state index in [2.05, 4.69) is 12.2 Å². The molecule has 1 saturated heterocycles. The normalized spacial score (nSPS) is 23.2. The molecule has 3 N–H and O–H groups in total. The highest BCUT2D eigenvalue weighted by Crippen LogP contribution is 2.11. The van der Waals surface area contributed by atoms with Crippen molar-refractivity contribution in [1.29, 1.82) is 0 Å². The molecule has 0 aromatic carbocycles. The highest BCUT2D eigenvalue weighted by atomic mass is 16.5. The molecular formula is C13H27NO4. The first-order valence-corrected chi connectivity index (χ1v) is 6.91. The molecule has 0 aliphatic carbocycles. The zero-order chi connectivity index (χ0) is 13.2. The number of nitrogens with one attached hydrogen (secondary N) is 1. The van der Waals surface area contributed by atoms with E-state index in [4.69, 9.17) is 14.6 Å². The minimum Gasteiger partial charge on any atom is -0.396 e. The molecule has 3 atom stereocenters. The smallest absolute Gasteiger partial charge is 0.0897 e. The van der Waals surface area contributed by atoms with E-state index in [0.29, 0.717) is 25.7 Å². The van der Waals surface area contributed by atoms with Gasteiger partial charge in [0.15, 0.2) is 0 Å². The second-order valence-electron chi connectivity index (χ2n) is 5.10. The van der Waals surface area contributed by atoms with E-state index in [1.807, 2.05) is 0 Å². The van der Waals surface area contributed by atoms with Crippen LogP contribution in [0.4, 0.5) is 0 Å². The second-order valence-corrected chi connectivity index (χ2v) is 5.10. The predicted molar refractivity (Wildman–Crippen MR) is 69.5 cm³/mol. The quantitative estimate of drug-likeness (QED) is 0.522. The van der Waals surface area contributed by atoms with E-state index in [1.165, 1.54) is 0 Å². The van der Waals surface area contributed by atoms with Crippen molar-refractivity contribution in [3.05, 3.63) is 0 Å². The maximum atomic E-state index is 9.69. The first kappa shape index (κ1) is 15.9. The monoisotopic (exact) mass is 261 g/mol. The molecule has 0 saturated carbocycles. The summed E-state index contributed by atoms with van der Waals surface area (Å²) in [4.78, 5) is 0. The summed E-state index contributed by atoms with van der Waals surface area (Å²) in [5.74, 6) is 0.426. The zero-order valence-corrected chi connectivity index (χ0v) is 11.3. The molecule has 3 unspecified atom stereocenters. The molecular weight excluding hydrogens is 234 g/mol. The minimum absolute atomic E-state index is 0.217. The van der Waals surface area contributed by atoms with E-state index in [9.17, 15) is 5.11 Å². The van der Waals surface area contributed by atoms with Crippen LogP contribution in [-0.2, 0) is 9.47 Å². The third-order valence-electron chi connectivity index (χ3n) is 3.13. The fourth-order valence-electron chi connectivity index (χ4n) is 1.99. The first-order chi connectivity index (χ1) is 8.72. The summed E-state index contributed by atoms with van der Waals surface area (Å²) < 4.78 is 10.9. The summed E-state index contributed by atoms with van der Waals surface area (Å²) in [5.41, 5.74) is 0. The molecule has 1 fully saturated rings. The molecule has 1 rings (SSSR count). The van der Waals surface area contributed by atoms with Crippen molar-refractivity contribution in [3.8, 4) is 0 Å². The second kappa shape index (κ2) is 9.69. The average molecular weight is 261 g/mol. The van der Waals surface area contributed by atoms with Gasteiger partial charge in [0.2, 0.25) is 0 Å². The molecule has 0 amide bonds. The van der Waals surface area contributed by atoms with Gasteiger partial charge < -0.3 is 25.0 Å². The molecule has 108 valence electrons. The van der Waals surface area contributed by atoms with Crippen LogP contribution in [0.3, 0.4) is 0 Å². The van der Waals surface area contributed by atoms with Crippen molar-refractivity contribution < 1.29 is 19.7 Å². The average Bonchev–Trinajstić information content (AvgIpc) is 2.82. The molecule has 5 heteroatoms. The molecule has 5 nitrogen and oxygen atoms in total. The first-order valence-electron chi connectivity index (χ1n) is 6.91. The number of hydrogen-bond donors (Lipinski definition) is 3. The van der Waals surface area contributed by atoms with Gasteiger partial charge in [-0.25, -0.2) is 0 Å². The van der Waals surface area contributed by atoms with Gasteiger partial charge in [0, 0.05) is 19.8 Å². The minimum atomic E-state index is -0.479. The lowest BCUT2D eigenvalue weighted by molar-refractivity contribution is -0.0165. The van der Waals surface area contributed by atoms with Crippen LogP contribution in [0.5, 0.6) is 0 Å². The molecule has 18 heavy (non-hydrogen) atoms. The summed E-state index contributed by atoms with van der Waals surface area (Å²) >= 11 is 0. The van der Waals surface area contributed by atoms with Crippen LogP contribution >= 0.6 is 0 Å². The Balaban J connectivity index is 1.91. The van der Waals surface area contributed by atoms with Gasteiger partial charge in [-0.2, -0.15) is 0 Å². The van der Waals surface area contributed by atoms with Gasteiger partial charge in [0.05, 0.1) is 25.4 Å². The van der Waals surface area contributed by atoms with Crippen LogP contribution < -0.4 is 5.32 Å². The standard InChI is InChI=1S/C13H27NO4/c1-11(4-5-15)7-14-8-12(16)9-17-10-13-3-2-6-18-13/h11-16H,2-10H2,1H3. The Hall–Kier alpha value is -0.200. The van der Waals surface area contributed by atoms with Crippen LogP contribution in [0.15, 0.2) is 0 Å². The van der Waals surface area contributed by atoms with Gasteiger partial charge in [0.25, 0.3) is 0 Å². The van der Waals surface area contributed by atoms with Crippen LogP contribution in [0, 0.1) is 5.92 Å². The predicted octanol–water partition coefficient (Wildman–Crippen LogP) is 0.151. The third kappa shape index (κ3) is 7.28. The Kier molecular flexibility index (Phi) is 8.54. The molecule has 0 aromatic heterocycles. The zero-order valence-electron chi connectivity index (χ0n) is 11.3. The van der Waals surface area contributed by atoms with Crippen molar-refractivity contribution in [2.45, 2.75) is 38.4 Å². The number of ether oxygens (including phenoxy) is 2. The molecule has 0 radical (unpaired) electrons. The SMILES string of the molecule is CC(CCO)CNCC(O)COCC1CCCO1. The maximum Gasteiger partial charge on any atom is 0.0897 e. The Morgan fingerprint density at radius 2 is 2.28 bits per heavy atom. The number of rotatable bonds is 10. The van der Waals surface area contributed by atoms with E-state index in [0.717, 1.165) is 32.4 Å². The lowest BCUT2D eigenvalue weighted by Crippen LogP contribution is -2.33. The van der Waals surface area contributed by atoms with Gasteiger partial charge in [0.1, 0.15) is 0 Å². The van der Waals surface area contributed by atoms with E-state index in [1.54, 1.807) is 0 Å². The van der Waals surface area contributed by atoms with Gasteiger partial charge in [-0.15, -0.1) is 0 Å². The Bertz CT molecular complexity index is 197. The van der Waals surface area contributed by atoms with Crippen LogP contribution in [0.2, 0.25) is 0 Å². The van der Waals surface area contributed by atoms with Crippen LogP contribution in [-0.4, -0.2) is 61.9 Å². The third-order valence-corrected chi connectivity index (χ3v) is 3.13. The number of aliphatic hydroxyl groups excluding tert-OH is 2. The molecule has 0 spiro atoms. The van der Waals surface area contributed by atoms with Crippen molar-refractivity contribution in [1.82, 2.24) is 5.32 Å². The molecule has 0 bridgehead atoms. The van der Waals surface area contributed by atoms with Crippen LogP contribution in [0.1, 0.15) is 26.2 Å². The highest BCUT2D eigenvalue weighted by molar-refractivity contribution is 4.65. The van der Waals surface area contributed by atoms with E-state index in [-0.39, 0.29) is 12.7 Å². The van der Waals surface area contributed by atoms with Crippen molar-refractivity contribution in [3.63, 3.8) is 0 Å². The van der Waals surface area contributed by atoms with Crippen molar-refractivity contribution >= 4 is 0 Å². The number of aliphatic hydroxyl groups is 2. The fourth-order valence-corrected chi connectivity index (χ4v) is 1.99. The van der Waals surface area contributed by atoms with Gasteiger partial charge in [-0.05, 0) is 31.7 Å². The maximum absolute atomic E-state index is 9.69. The summed E-state index contributed by atoms with van der Waals surface area (Å²) in [6.07, 6.45) is 2.70. The Labute approximate surface area is 109 Å². The van der Waals surface area contributed by atoms with E-state index >= 15 is 0 Å². The molecule has 0 aromatic rings. The van der Waals surface area contributed by atoms with Crippen molar-refractivity contribution in [2.75, 3.05) is 39.5 Å². The topological polar surface area (TPSA) is 71.0 Å². The van der Waals surface area contributed by atoms with Gasteiger partial charge >= 0.3 is 0 Å². The molecule has 1 heterocycles. The lowest BCUT2D eigenvalue weighted by Gasteiger charge is -2.16. The molecule has 1 aliphatic rings. The number of hydrogen-bond acceptors (Lipinski definition) is 5. The Morgan fingerprint density at radius 3 is 2.94 bits per heavy atom. The largest absolute Gasteiger partial charge is 0.396 e.